The first-order valence-electron chi connectivity index (χ1n) is 8.01. The second-order valence-corrected chi connectivity index (χ2v) is 5.84. The summed E-state index contributed by atoms with van der Waals surface area (Å²) in [6.45, 7) is 6.59. The molecule has 1 fully saturated rings. The zero-order valence-electron chi connectivity index (χ0n) is 12.8. The number of anilines is 1. The van der Waals surface area contributed by atoms with Crippen LogP contribution in [-0.2, 0) is 0 Å². The van der Waals surface area contributed by atoms with Crippen LogP contribution in [0.15, 0.2) is 24.4 Å². The van der Waals surface area contributed by atoms with Gasteiger partial charge in [-0.2, -0.15) is 0 Å². The molecule has 112 valence electrons. The summed E-state index contributed by atoms with van der Waals surface area (Å²) in [6.07, 6.45) is 7.31. The molecule has 0 bridgehead atoms. The standard InChI is InChI=1S/C17H24N4/c1-14-15-6-7-17(20-16(15)8-9-18-14)19-10-13-21-11-4-2-3-5-12-21/h6-9H,2-5,10-13H2,1H3,(H,19,20). The maximum atomic E-state index is 4.67. The van der Waals surface area contributed by atoms with E-state index >= 15 is 0 Å². The Bertz CT molecular complexity index is 588. The van der Waals surface area contributed by atoms with Gasteiger partial charge >= 0.3 is 0 Å². The number of hydrogen-bond donors (Lipinski definition) is 1. The lowest BCUT2D eigenvalue weighted by Crippen LogP contribution is -2.30. The third-order valence-corrected chi connectivity index (χ3v) is 4.25. The number of likely N-dealkylation sites (tertiary alicyclic amines) is 1. The molecule has 0 radical (unpaired) electrons. The molecule has 0 amide bonds. The van der Waals surface area contributed by atoms with Crippen molar-refractivity contribution in [2.75, 3.05) is 31.5 Å². The van der Waals surface area contributed by atoms with E-state index in [-0.39, 0.29) is 0 Å². The fourth-order valence-corrected chi connectivity index (χ4v) is 3.00. The van der Waals surface area contributed by atoms with Crippen molar-refractivity contribution >= 4 is 16.7 Å². The molecule has 3 rings (SSSR count). The number of hydrogen-bond acceptors (Lipinski definition) is 4. The minimum atomic E-state index is 0.961. The smallest absolute Gasteiger partial charge is 0.126 e. The molecular weight excluding hydrogens is 260 g/mol. The van der Waals surface area contributed by atoms with E-state index in [2.05, 4.69) is 32.3 Å². The summed E-state index contributed by atoms with van der Waals surface area (Å²) in [5.41, 5.74) is 2.05. The number of fused-ring (bicyclic) bond motifs is 1. The number of aryl methyl sites for hydroxylation is 1. The largest absolute Gasteiger partial charge is 0.369 e. The topological polar surface area (TPSA) is 41.1 Å². The third kappa shape index (κ3) is 3.70. The van der Waals surface area contributed by atoms with Gasteiger partial charge < -0.3 is 10.2 Å². The van der Waals surface area contributed by atoms with E-state index in [0.717, 1.165) is 35.5 Å². The SMILES string of the molecule is Cc1nccc2nc(NCCN3CCCCCC3)ccc12. The molecule has 0 aromatic carbocycles. The molecule has 2 aromatic rings. The minimum Gasteiger partial charge on any atom is -0.369 e. The molecule has 0 spiro atoms. The highest BCUT2D eigenvalue weighted by Crippen LogP contribution is 2.17. The van der Waals surface area contributed by atoms with Crippen LogP contribution in [-0.4, -0.2) is 41.0 Å². The van der Waals surface area contributed by atoms with Gasteiger partial charge in [-0.1, -0.05) is 12.8 Å². The van der Waals surface area contributed by atoms with Crippen molar-refractivity contribution in [1.82, 2.24) is 14.9 Å². The van der Waals surface area contributed by atoms with Gasteiger partial charge in [0.25, 0.3) is 0 Å². The zero-order valence-corrected chi connectivity index (χ0v) is 12.8. The van der Waals surface area contributed by atoms with E-state index in [9.17, 15) is 0 Å². The van der Waals surface area contributed by atoms with Crippen LogP contribution in [0.1, 0.15) is 31.4 Å². The van der Waals surface area contributed by atoms with Crippen molar-refractivity contribution in [2.24, 2.45) is 0 Å². The second kappa shape index (κ2) is 6.85. The molecule has 0 aliphatic carbocycles. The van der Waals surface area contributed by atoms with Crippen LogP contribution in [0.5, 0.6) is 0 Å². The van der Waals surface area contributed by atoms with E-state index < -0.39 is 0 Å². The van der Waals surface area contributed by atoms with Crippen LogP contribution in [0, 0.1) is 6.92 Å². The highest BCUT2D eigenvalue weighted by Gasteiger charge is 2.08. The summed E-state index contributed by atoms with van der Waals surface area (Å²) in [6, 6.07) is 6.14. The lowest BCUT2D eigenvalue weighted by atomic mass is 10.2. The van der Waals surface area contributed by atoms with Crippen molar-refractivity contribution in [1.29, 1.82) is 0 Å². The van der Waals surface area contributed by atoms with Gasteiger partial charge in [-0.05, 0) is 51.1 Å². The molecule has 2 aromatic heterocycles. The van der Waals surface area contributed by atoms with Gasteiger partial charge in [-0.25, -0.2) is 4.98 Å². The summed E-state index contributed by atoms with van der Waals surface area (Å²) in [7, 11) is 0. The second-order valence-electron chi connectivity index (χ2n) is 5.84. The third-order valence-electron chi connectivity index (χ3n) is 4.25. The molecule has 4 heteroatoms. The quantitative estimate of drug-likeness (QED) is 0.936. The lowest BCUT2D eigenvalue weighted by molar-refractivity contribution is 0.296. The highest BCUT2D eigenvalue weighted by atomic mass is 15.1. The summed E-state index contributed by atoms with van der Waals surface area (Å²) in [4.78, 5) is 11.5. The molecule has 1 aliphatic rings. The summed E-state index contributed by atoms with van der Waals surface area (Å²) in [5.74, 6) is 0.961. The Balaban J connectivity index is 1.57. The molecule has 21 heavy (non-hydrogen) atoms. The van der Waals surface area contributed by atoms with Gasteiger partial charge in [-0.15, -0.1) is 0 Å². The van der Waals surface area contributed by atoms with E-state index in [1.54, 1.807) is 0 Å². The maximum absolute atomic E-state index is 4.67. The molecule has 0 atom stereocenters. The van der Waals surface area contributed by atoms with Crippen LogP contribution in [0.4, 0.5) is 5.82 Å². The molecule has 0 saturated carbocycles. The lowest BCUT2D eigenvalue weighted by Gasteiger charge is -2.19. The van der Waals surface area contributed by atoms with Crippen LogP contribution < -0.4 is 5.32 Å². The van der Waals surface area contributed by atoms with Gasteiger partial charge in [0.1, 0.15) is 5.82 Å². The Morgan fingerprint density at radius 2 is 1.90 bits per heavy atom. The van der Waals surface area contributed by atoms with Crippen molar-refractivity contribution in [3.8, 4) is 0 Å². The number of pyridine rings is 2. The van der Waals surface area contributed by atoms with Crippen molar-refractivity contribution in [3.05, 3.63) is 30.1 Å². The van der Waals surface area contributed by atoms with Gasteiger partial charge in [-0.3, -0.25) is 4.98 Å². The van der Waals surface area contributed by atoms with Crippen LogP contribution in [0.25, 0.3) is 10.9 Å². The highest BCUT2D eigenvalue weighted by molar-refractivity contribution is 5.81. The zero-order chi connectivity index (χ0) is 14.5. The van der Waals surface area contributed by atoms with Crippen LogP contribution in [0.2, 0.25) is 0 Å². The number of rotatable bonds is 4. The van der Waals surface area contributed by atoms with Gasteiger partial charge in [0.15, 0.2) is 0 Å². The Hall–Kier alpha value is -1.68. The summed E-state index contributed by atoms with van der Waals surface area (Å²) >= 11 is 0. The maximum Gasteiger partial charge on any atom is 0.126 e. The van der Waals surface area contributed by atoms with E-state index in [1.807, 2.05) is 19.2 Å². The molecule has 0 unspecified atom stereocenters. The molecule has 4 nitrogen and oxygen atoms in total. The molecular formula is C17H24N4. The predicted molar refractivity (Wildman–Crippen MR) is 87.7 cm³/mol. The van der Waals surface area contributed by atoms with Gasteiger partial charge in [0.2, 0.25) is 0 Å². The number of nitrogens with zero attached hydrogens (tertiary/aromatic N) is 3. The Labute approximate surface area is 126 Å². The van der Waals surface area contributed by atoms with Gasteiger partial charge in [0, 0.05) is 30.4 Å². The monoisotopic (exact) mass is 284 g/mol. The Morgan fingerprint density at radius 1 is 1.10 bits per heavy atom. The fraction of sp³-hybridized carbons (Fsp3) is 0.529. The first-order chi connectivity index (χ1) is 10.3. The summed E-state index contributed by atoms with van der Waals surface area (Å²) < 4.78 is 0. The van der Waals surface area contributed by atoms with Crippen LogP contribution >= 0.6 is 0 Å². The van der Waals surface area contributed by atoms with Crippen molar-refractivity contribution in [2.45, 2.75) is 32.6 Å². The first kappa shape index (κ1) is 14.3. The number of aromatic nitrogens is 2. The molecule has 1 aliphatic heterocycles. The van der Waals surface area contributed by atoms with Crippen molar-refractivity contribution in [3.63, 3.8) is 0 Å². The summed E-state index contributed by atoms with van der Waals surface area (Å²) in [5, 5.41) is 4.59. The minimum absolute atomic E-state index is 0.961. The molecule has 1 N–H and O–H groups in total. The molecule has 1 saturated heterocycles. The van der Waals surface area contributed by atoms with E-state index in [4.69, 9.17) is 0 Å². The van der Waals surface area contributed by atoms with Crippen LogP contribution in [0.3, 0.4) is 0 Å². The Kier molecular flexibility index (Phi) is 4.65. The predicted octanol–water partition coefficient (Wildman–Crippen LogP) is 3.23. The Morgan fingerprint density at radius 3 is 2.71 bits per heavy atom. The molecule has 3 heterocycles. The fourth-order valence-electron chi connectivity index (χ4n) is 3.00. The average Bonchev–Trinajstić information content (AvgIpc) is 2.76. The normalized spacial score (nSPS) is 16.8. The first-order valence-corrected chi connectivity index (χ1v) is 8.01. The number of nitrogens with one attached hydrogen (secondary N) is 1. The van der Waals surface area contributed by atoms with Gasteiger partial charge in [0.05, 0.1) is 5.52 Å². The average molecular weight is 284 g/mol. The van der Waals surface area contributed by atoms with E-state index in [0.29, 0.717) is 0 Å². The van der Waals surface area contributed by atoms with Crippen molar-refractivity contribution < 1.29 is 0 Å². The van der Waals surface area contributed by atoms with E-state index in [1.165, 1.54) is 38.8 Å².